The van der Waals surface area contributed by atoms with Gasteiger partial charge in [-0.1, -0.05) is 166 Å². The summed E-state index contributed by atoms with van der Waals surface area (Å²) in [5.74, 6) is 1.79. The summed E-state index contributed by atoms with van der Waals surface area (Å²) in [6.07, 6.45) is 20.7. The first-order valence-electron chi connectivity index (χ1n) is 21.4. The molecule has 2 radical (unpaired) electrons. The van der Waals surface area contributed by atoms with Gasteiger partial charge < -0.3 is 14.4 Å². The van der Waals surface area contributed by atoms with E-state index in [0.717, 1.165) is 18.3 Å². The number of hydrogen-bond donors (Lipinski definition) is 0. The van der Waals surface area contributed by atoms with Crippen molar-refractivity contribution >= 4 is 53.2 Å². The summed E-state index contributed by atoms with van der Waals surface area (Å²) in [5, 5.41) is 5.66. The quantitative estimate of drug-likeness (QED) is 0.0887. The Balaban J connectivity index is 0.000000344. The third kappa shape index (κ3) is 15.0. The third-order valence-corrected chi connectivity index (χ3v) is 11.7. The van der Waals surface area contributed by atoms with Crippen LogP contribution in [-0.2, 0) is 36.2 Å². The van der Waals surface area contributed by atoms with Crippen LogP contribution in [-0.4, -0.2) is 6.88 Å². The summed E-state index contributed by atoms with van der Waals surface area (Å²) in [7, 11) is 0. The van der Waals surface area contributed by atoms with Gasteiger partial charge in [0.2, 0.25) is 0 Å². The van der Waals surface area contributed by atoms with Crippen LogP contribution in [0.4, 0.5) is 0 Å². The van der Waals surface area contributed by atoms with Gasteiger partial charge in [-0.3, -0.25) is 0 Å². The van der Waals surface area contributed by atoms with Crippen LogP contribution in [0.2, 0.25) is 0 Å². The summed E-state index contributed by atoms with van der Waals surface area (Å²) in [4.78, 5) is 0. The van der Waals surface area contributed by atoms with E-state index < -0.39 is 0 Å². The first-order chi connectivity index (χ1) is 26.8. The Morgan fingerprint density at radius 3 is 1.16 bits per heavy atom. The molecule has 0 spiro atoms. The van der Waals surface area contributed by atoms with Crippen molar-refractivity contribution < 1.29 is 23.3 Å². The van der Waals surface area contributed by atoms with Crippen molar-refractivity contribution in [1.29, 1.82) is 0 Å². The molecule has 0 aliphatic heterocycles. The van der Waals surface area contributed by atoms with Crippen molar-refractivity contribution in [3.05, 3.63) is 145 Å². The van der Waals surface area contributed by atoms with E-state index in [-0.39, 0.29) is 32.2 Å². The van der Waals surface area contributed by atoms with Crippen LogP contribution in [0.1, 0.15) is 124 Å². The molecule has 2 aliphatic carbocycles. The van der Waals surface area contributed by atoms with Gasteiger partial charge in [-0.25, -0.2) is 0 Å². The fourth-order valence-electron chi connectivity index (χ4n) is 9.40. The number of hydrogen-bond acceptors (Lipinski definition) is 0. The fraction of sp³-hybridized carbons (Fsp3) is 0.407. The zero-order chi connectivity index (χ0) is 39.2. The monoisotopic (exact) mass is 906 g/mol. The van der Waals surface area contributed by atoms with Gasteiger partial charge in [-0.2, -0.15) is 18.6 Å². The molecule has 0 atom stereocenters. The van der Waals surface area contributed by atoms with Crippen LogP contribution >= 0.6 is 24.8 Å². The van der Waals surface area contributed by atoms with Gasteiger partial charge in [-0.15, -0.1) is 93.9 Å². The Morgan fingerprint density at radius 1 is 0.534 bits per heavy atom. The van der Waals surface area contributed by atoms with Crippen molar-refractivity contribution in [3.8, 4) is 22.3 Å². The molecule has 0 amide bonds. The molecule has 312 valence electrons. The summed E-state index contributed by atoms with van der Waals surface area (Å²) < 4.78 is 0. The van der Waals surface area contributed by atoms with Crippen LogP contribution < -0.4 is 0 Å². The average Bonchev–Trinajstić information content (AvgIpc) is 3.55. The zero-order valence-corrected chi connectivity index (χ0v) is 41.6. The molecule has 2 fully saturated rings. The molecule has 0 saturated heterocycles. The summed E-state index contributed by atoms with van der Waals surface area (Å²) >= 11 is 1.36. The van der Waals surface area contributed by atoms with E-state index >= 15 is 0 Å². The Bertz CT molecular complexity index is 1880. The Kier molecular flexibility index (Phi) is 24.1. The molecule has 0 bridgehead atoms. The molecule has 6 aromatic rings. The molecular weight excluding hydrogens is 839 g/mol. The molecule has 58 heavy (non-hydrogen) atoms. The number of rotatable bonds is 6. The predicted octanol–water partition coefficient (Wildman–Crippen LogP) is 16.9. The van der Waals surface area contributed by atoms with Gasteiger partial charge in [0, 0.05) is 0 Å². The van der Waals surface area contributed by atoms with Crippen molar-refractivity contribution in [1.82, 2.24) is 0 Å². The van der Waals surface area contributed by atoms with E-state index in [0.29, 0.717) is 0 Å². The topological polar surface area (TPSA) is 0 Å². The van der Waals surface area contributed by atoms with E-state index in [1.165, 1.54) is 179 Å². The molecule has 8 rings (SSSR count). The molecule has 0 unspecified atom stereocenters. The Morgan fingerprint density at radius 2 is 0.845 bits per heavy atom. The third-order valence-electron chi connectivity index (χ3n) is 11.7. The maximum atomic E-state index is 3.49. The standard InChI is InChI=1S/2C25H29.C3H7.CH3.2ClH.Si.Zr/c2*1-18-12-19(2)14-23(13-18)24-11-7-10-22-16-21(17-25(22)24)15-20-8-5-3-4-6-9-20;1-3-2;;;;;/h2*7,10-14,16-17,20H,3-6,8-9,15H2,1-2H3;1,3H2,2H3;1H3;2*1H;;/q4*-1;;;;. The van der Waals surface area contributed by atoms with Crippen molar-refractivity contribution in [2.24, 2.45) is 11.8 Å². The maximum absolute atomic E-state index is 3.49. The fourth-order valence-corrected chi connectivity index (χ4v) is 9.40. The summed E-state index contributed by atoms with van der Waals surface area (Å²) in [6, 6.07) is 37.1. The van der Waals surface area contributed by atoms with Gasteiger partial charge >= 0.3 is 30.2 Å². The van der Waals surface area contributed by atoms with Crippen LogP contribution in [0.5, 0.6) is 0 Å². The molecule has 0 heterocycles. The number of halogens is 2. The van der Waals surface area contributed by atoms with Crippen molar-refractivity contribution in [2.45, 2.75) is 131 Å². The normalized spacial score (nSPS) is 14.4. The predicted molar refractivity (Wildman–Crippen MR) is 261 cm³/mol. The number of benzene rings is 4. The van der Waals surface area contributed by atoms with Gasteiger partial charge in [0.05, 0.1) is 0 Å². The van der Waals surface area contributed by atoms with Crippen molar-refractivity contribution in [2.75, 3.05) is 0 Å². The second-order valence-corrected chi connectivity index (χ2v) is 16.7. The zero-order valence-electron chi connectivity index (χ0n) is 36.5. The van der Waals surface area contributed by atoms with Gasteiger partial charge in [-0.05, 0) is 63.5 Å². The van der Waals surface area contributed by atoms with E-state index in [4.69, 9.17) is 0 Å². The van der Waals surface area contributed by atoms with E-state index in [1.54, 1.807) is 11.1 Å². The molecular formula is C54H70Cl2SiZr-4. The van der Waals surface area contributed by atoms with Crippen molar-refractivity contribution in [3.63, 3.8) is 0 Å². The Labute approximate surface area is 383 Å². The van der Waals surface area contributed by atoms with E-state index in [9.17, 15) is 0 Å². The first-order valence-corrected chi connectivity index (χ1v) is 25.6. The number of fused-ring (bicyclic) bond motifs is 2. The van der Waals surface area contributed by atoms with Crippen LogP contribution in [0.25, 0.3) is 43.8 Å². The van der Waals surface area contributed by atoms with Crippen LogP contribution in [0.15, 0.2) is 97.1 Å². The van der Waals surface area contributed by atoms with Crippen LogP contribution in [0.3, 0.4) is 0 Å². The molecule has 2 aliphatic rings. The van der Waals surface area contributed by atoms with Crippen LogP contribution in [0, 0.1) is 53.9 Å². The van der Waals surface area contributed by atoms with Gasteiger partial charge in [0.1, 0.15) is 0 Å². The molecule has 6 aromatic carbocycles. The Hall–Kier alpha value is -2.22. The molecule has 0 aromatic heterocycles. The van der Waals surface area contributed by atoms with E-state index in [1.807, 2.05) is 6.92 Å². The second-order valence-electron chi connectivity index (χ2n) is 16.7. The molecule has 4 heteroatoms. The molecule has 2 saturated carbocycles. The molecule has 0 N–H and O–H groups in total. The van der Waals surface area contributed by atoms with Gasteiger partial charge in [0.25, 0.3) is 0 Å². The first kappa shape index (κ1) is 51.9. The van der Waals surface area contributed by atoms with Gasteiger partial charge in [0.15, 0.2) is 0 Å². The average molecular weight is 909 g/mol. The SMILES string of the molecule is Cc1cc(C)cc(-c2cccc3[cH-]c(CC4CCCCCC4)cc23)c1.Cc1cc(C)cc(-c2cccc3[cH-]c(CC4CCCCCC4)cc23)c1.Cl.Cl.[CH2-]CC.[CH3-].[Si]=[Zr]. The minimum absolute atomic E-state index is 0. The van der Waals surface area contributed by atoms with E-state index in [2.05, 4.69) is 139 Å². The minimum atomic E-state index is 0. The second kappa shape index (κ2) is 26.9. The summed E-state index contributed by atoms with van der Waals surface area (Å²) in [5.41, 5.74) is 13.9. The summed E-state index contributed by atoms with van der Waals surface area (Å²) in [6.45, 7) is 17.3. The number of aryl methyl sites for hydroxylation is 4. The molecule has 0 nitrogen and oxygen atoms in total.